The van der Waals surface area contributed by atoms with Crippen LogP contribution in [0.4, 0.5) is 0 Å². The molecule has 1 aromatic heterocycles. The van der Waals surface area contributed by atoms with Crippen LogP contribution in [0.2, 0.25) is 0 Å². The predicted octanol–water partition coefficient (Wildman–Crippen LogP) is 6.42. The SMILES string of the molecule is C.CCCCc1noc(-c2ccc(C(=O)/C=C(\C)CC3CCCC3)cc2)n1. The maximum atomic E-state index is 12.5. The molecule has 1 fully saturated rings. The van der Waals surface area contributed by atoms with Crippen molar-refractivity contribution in [2.24, 2.45) is 5.92 Å². The topological polar surface area (TPSA) is 56.0 Å². The van der Waals surface area contributed by atoms with E-state index in [1.165, 1.54) is 31.3 Å². The minimum absolute atomic E-state index is 0. The Morgan fingerprint density at radius 3 is 2.59 bits per heavy atom. The summed E-state index contributed by atoms with van der Waals surface area (Å²) in [6, 6.07) is 7.44. The average molecular weight is 369 g/mol. The molecule has 4 nitrogen and oxygen atoms in total. The average Bonchev–Trinajstić information content (AvgIpc) is 3.32. The molecule has 1 aliphatic carbocycles. The van der Waals surface area contributed by atoms with Gasteiger partial charge in [0.25, 0.3) is 5.89 Å². The van der Waals surface area contributed by atoms with Gasteiger partial charge in [-0.05, 0) is 43.9 Å². The highest BCUT2D eigenvalue weighted by atomic mass is 16.5. The Balaban J connectivity index is 0.00000261. The molecular formula is C23H32N2O2. The highest BCUT2D eigenvalue weighted by Gasteiger charge is 2.16. The molecule has 0 unspecified atom stereocenters. The lowest BCUT2D eigenvalue weighted by atomic mass is 9.97. The molecule has 146 valence electrons. The van der Waals surface area contributed by atoms with E-state index in [0.29, 0.717) is 11.5 Å². The molecule has 1 aliphatic rings. The van der Waals surface area contributed by atoms with Crippen LogP contribution < -0.4 is 0 Å². The summed E-state index contributed by atoms with van der Waals surface area (Å²) in [7, 11) is 0. The lowest BCUT2D eigenvalue weighted by Gasteiger charge is -2.08. The van der Waals surface area contributed by atoms with Crippen molar-refractivity contribution in [1.82, 2.24) is 10.1 Å². The van der Waals surface area contributed by atoms with Crippen molar-refractivity contribution in [1.29, 1.82) is 0 Å². The van der Waals surface area contributed by atoms with Gasteiger partial charge in [0.15, 0.2) is 11.6 Å². The van der Waals surface area contributed by atoms with Crippen molar-refractivity contribution in [3.63, 3.8) is 0 Å². The summed E-state index contributed by atoms with van der Waals surface area (Å²) >= 11 is 0. The van der Waals surface area contributed by atoms with E-state index in [9.17, 15) is 4.79 Å². The standard InChI is InChI=1S/C22H28N2O2.CH4/c1-3-4-9-21-23-22(26-24-21)19-12-10-18(11-13-19)20(25)15-16(2)14-17-7-5-6-8-17;/h10-13,15,17H,3-9,14H2,1-2H3;1H4/b16-15+;. The van der Waals surface area contributed by atoms with E-state index in [1.807, 2.05) is 24.3 Å². The summed E-state index contributed by atoms with van der Waals surface area (Å²) in [6.45, 7) is 4.21. The number of ketones is 1. The van der Waals surface area contributed by atoms with Gasteiger partial charge in [-0.25, -0.2) is 0 Å². The van der Waals surface area contributed by atoms with Crippen LogP contribution in [0.25, 0.3) is 11.5 Å². The molecule has 0 radical (unpaired) electrons. The molecule has 2 aromatic rings. The quantitative estimate of drug-likeness (QED) is 0.398. The molecule has 0 aliphatic heterocycles. The zero-order chi connectivity index (χ0) is 18.4. The number of allylic oxidation sites excluding steroid dienone is 2. The Morgan fingerprint density at radius 2 is 1.93 bits per heavy atom. The summed E-state index contributed by atoms with van der Waals surface area (Å²) < 4.78 is 5.33. The van der Waals surface area contributed by atoms with Gasteiger partial charge in [-0.2, -0.15) is 4.98 Å². The maximum Gasteiger partial charge on any atom is 0.257 e. The van der Waals surface area contributed by atoms with Crippen LogP contribution >= 0.6 is 0 Å². The first-order valence-electron chi connectivity index (χ1n) is 9.80. The second-order valence-electron chi connectivity index (χ2n) is 7.41. The Hall–Kier alpha value is -2.23. The molecule has 0 spiro atoms. The van der Waals surface area contributed by atoms with E-state index in [1.54, 1.807) is 6.08 Å². The van der Waals surface area contributed by atoms with Crippen molar-refractivity contribution in [3.05, 3.63) is 47.3 Å². The van der Waals surface area contributed by atoms with Crippen molar-refractivity contribution >= 4 is 5.78 Å². The van der Waals surface area contributed by atoms with Crippen molar-refractivity contribution in [2.45, 2.75) is 72.6 Å². The van der Waals surface area contributed by atoms with Gasteiger partial charge in [-0.1, -0.05) is 69.3 Å². The van der Waals surface area contributed by atoms with E-state index in [2.05, 4.69) is 24.0 Å². The van der Waals surface area contributed by atoms with Gasteiger partial charge in [0.2, 0.25) is 0 Å². The number of aryl methyl sites for hydroxylation is 1. The molecule has 0 atom stereocenters. The van der Waals surface area contributed by atoms with Gasteiger partial charge in [-0.3, -0.25) is 4.79 Å². The molecule has 0 bridgehead atoms. The summed E-state index contributed by atoms with van der Waals surface area (Å²) in [5.41, 5.74) is 2.73. The van der Waals surface area contributed by atoms with E-state index in [-0.39, 0.29) is 13.2 Å². The van der Waals surface area contributed by atoms with Crippen LogP contribution in [0, 0.1) is 5.92 Å². The highest BCUT2D eigenvalue weighted by molar-refractivity contribution is 6.05. The minimum atomic E-state index is 0. The van der Waals surface area contributed by atoms with Gasteiger partial charge < -0.3 is 4.52 Å². The second-order valence-corrected chi connectivity index (χ2v) is 7.41. The van der Waals surface area contributed by atoms with Crippen LogP contribution in [0.15, 0.2) is 40.4 Å². The molecule has 4 heteroatoms. The van der Waals surface area contributed by atoms with Crippen LogP contribution in [0.5, 0.6) is 0 Å². The third kappa shape index (κ3) is 5.88. The summed E-state index contributed by atoms with van der Waals surface area (Å²) in [6.07, 6.45) is 11.1. The normalized spacial score (nSPS) is 15.0. The lowest BCUT2D eigenvalue weighted by Crippen LogP contribution is -1.99. The number of hydrogen-bond acceptors (Lipinski definition) is 4. The second kappa shape index (κ2) is 10.2. The molecule has 0 saturated heterocycles. The van der Waals surface area contributed by atoms with Crippen LogP contribution in [0.1, 0.15) is 82.4 Å². The van der Waals surface area contributed by atoms with E-state index >= 15 is 0 Å². The lowest BCUT2D eigenvalue weighted by molar-refractivity contribution is 0.104. The molecule has 1 saturated carbocycles. The van der Waals surface area contributed by atoms with Crippen LogP contribution in [0.3, 0.4) is 0 Å². The number of hydrogen-bond donors (Lipinski definition) is 0. The summed E-state index contributed by atoms with van der Waals surface area (Å²) in [5.74, 6) is 2.09. The number of unbranched alkanes of at least 4 members (excludes halogenated alkanes) is 1. The van der Waals surface area contributed by atoms with E-state index in [4.69, 9.17) is 4.52 Å². The smallest absolute Gasteiger partial charge is 0.257 e. The fraction of sp³-hybridized carbons (Fsp3) is 0.522. The van der Waals surface area contributed by atoms with Gasteiger partial charge in [0.05, 0.1) is 0 Å². The Bertz CT molecular complexity index is 753. The first kappa shape index (κ1) is 21.1. The highest BCUT2D eigenvalue weighted by Crippen LogP contribution is 2.30. The van der Waals surface area contributed by atoms with E-state index < -0.39 is 0 Å². The zero-order valence-electron chi connectivity index (χ0n) is 15.8. The van der Waals surface area contributed by atoms with Crippen molar-refractivity contribution in [2.75, 3.05) is 0 Å². The van der Waals surface area contributed by atoms with Crippen LogP contribution in [-0.2, 0) is 6.42 Å². The molecular weight excluding hydrogens is 336 g/mol. The van der Waals surface area contributed by atoms with Crippen molar-refractivity contribution < 1.29 is 9.32 Å². The fourth-order valence-electron chi connectivity index (χ4n) is 3.62. The number of carbonyl (C=O) groups is 1. The van der Waals surface area contributed by atoms with Gasteiger partial charge >= 0.3 is 0 Å². The molecule has 3 rings (SSSR count). The number of nitrogens with zero attached hydrogens (tertiary/aromatic N) is 2. The number of carbonyl (C=O) groups excluding carboxylic acids is 1. The Morgan fingerprint density at radius 1 is 1.22 bits per heavy atom. The number of benzene rings is 1. The summed E-state index contributed by atoms with van der Waals surface area (Å²) in [5, 5.41) is 4.01. The first-order chi connectivity index (χ1) is 12.7. The monoisotopic (exact) mass is 368 g/mol. The van der Waals surface area contributed by atoms with Crippen LogP contribution in [-0.4, -0.2) is 15.9 Å². The fourth-order valence-corrected chi connectivity index (χ4v) is 3.62. The predicted molar refractivity (Wildman–Crippen MR) is 110 cm³/mol. The van der Waals surface area contributed by atoms with Gasteiger partial charge in [0.1, 0.15) is 0 Å². The summed E-state index contributed by atoms with van der Waals surface area (Å²) in [4.78, 5) is 16.9. The Labute approximate surface area is 163 Å². The molecule has 0 amide bonds. The van der Waals surface area contributed by atoms with Gasteiger partial charge in [-0.15, -0.1) is 0 Å². The first-order valence-corrected chi connectivity index (χ1v) is 9.80. The third-order valence-electron chi connectivity index (χ3n) is 5.10. The minimum Gasteiger partial charge on any atom is -0.334 e. The van der Waals surface area contributed by atoms with Crippen molar-refractivity contribution in [3.8, 4) is 11.5 Å². The molecule has 27 heavy (non-hydrogen) atoms. The molecule has 1 heterocycles. The third-order valence-corrected chi connectivity index (χ3v) is 5.10. The largest absolute Gasteiger partial charge is 0.334 e. The Kier molecular flexibility index (Phi) is 7.96. The van der Waals surface area contributed by atoms with E-state index in [0.717, 1.165) is 43.0 Å². The van der Waals surface area contributed by atoms with Gasteiger partial charge in [0, 0.05) is 17.5 Å². The number of aromatic nitrogens is 2. The molecule has 1 aromatic carbocycles. The molecule has 0 N–H and O–H groups in total. The number of rotatable bonds is 8. The zero-order valence-corrected chi connectivity index (χ0v) is 15.8. The maximum absolute atomic E-state index is 12.5.